The monoisotopic (exact) mass is 220 g/mol. The summed E-state index contributed by atoms with van der Waals surface area (Å²) in [7, 11) is 0. The predicted octanol–water partition coefficient (Wildman–Crippen LogP) is 3.42. The van der Waals surface area contributed by atoms with Gasteiger partial charge in [-0.3, -0.25) is 0 Å². The molecular formula is C12H9ClO2. The molecule has 0 amide bonds. The first-order valence-corrected chi connectivity index (χ1v) is 4.84. The number of phenolic OH excluding ortho intramolecular Hbond substituents is 2. The Morgan fingerprint density at radius 1 is 0.800 bits per heavy atom. The molecule has 0 bridgehead atoms. The lowest BCUT2D eigenvalue weighted by Crippen LogP contribution is -1.81. The molecule has 0 heterocycles. The lowest BCUT2D eigenvalue weighted by Gasteiger charge is -2.08. The molecule has 0 fully saturated rings. The summed E-state index contributed by atoms with van der Waals surface area (Å²) < 4.78 is 0. The van der Waals surface area contributed by atoms with Gasteiger partial charge in [0.2, 0.25) is 0 Å². The zero-order valence-corrected chi connectivity index (χ0v) is 8.57. The zero-order valence-electron chi connectivity index (χ0n) is 7.81. The average Bonchev–Trinajstić information content (AvgIpc) is 2.26. The van der Waals surface area contributed by atoms with Crippen molar-refractivity contribution >= 4 is 11.6 Å². The van der Waals surface area contributed by atoms with Gasteiger partial charge in [-0.05, 0) is 17.7 Å². The summed E-state index contributed by atoms with van der Waals surface area (Å²) in [6.07, 6.45) is 0. The molecule has 0 spiro atoms. The highest BCUT2D eigenvalue weighted by atomic mass is 35.5. The summed E-state index contributed by atoms with van der Waals surface area (Å²) in [5.74, 6) is 0.0253. The minimum Gasteiger partial charge on any atom is -0.507 e. The van der Waals surface area contributed by atoms with Crippen LogP contribution in [0.1, 0.15) is 0 Å². The Balaban J connectivity index is 2.68. The standard InChI is InChI=1S/C12H9ClO2/c13-12-10(15)7-6-9(14)11(12)8-4-2-1-3-5-8/h1-7,14-15H. The first-order valence-electron chi connectivity index (χ1n) is 4.46. The van der Waals surface area contributed by atoms with Crippen LogP contribution in [0.25, 0.3) is 11.1 Å². The summed E-state index contributed by atoms with van der Waals surface area (Å²) >= 11 is 5.92. The normalized spacial score (nSPS) is 10.2. The highest BCUT2D eigenvalue weighted by Crippen LogP contribution is 2.40. The molecule has 0 aliphatic rings. The van der Waals surface area contributed by atoms with E-state index in [0.29, 0.717) is 5.56 Å². The van der Waals surface area contributed by atoms with Crippen LogP contribution in [0.3, 0.4) is 0 Å². The van der Waals surface area contributed by atoms with E-state index in [1.165, 1.54) is 12.1 Å². The molecule has 0 aromatic heterocycles. The van der Waals surface area contributed by atoms with Gasteiger partial charge in [-0.25, -0.2) is 0 Å². The minimum absolute atomic E-state index is 0.0340. The van der Waals surface area contributed by atoms with Gasteiger partial charge in [-0.2, -0.15) is 0 Å². The van der Waals surface area contributed by atoms with E-state index < -0.39 is 0 Å². The van der Waals surface area contributed by atoms with Crippen LogP contribution in [0.15, 0.2) is 42.5 Å². The van der Waals surface area contributed by atoms with Gasteiger partial charge in [0, 0.05) is 5.56 Å². The van der Waals surface area contributed by atoms with Gasteiger partial charge in [0.15, 0.2) is 0 Å². The molecule has 0 atom stereocenters. The Kier molecular flexibility index (Phi) is 2.52. The third-order valence-corrected chi connectivity index (χ3v) is 2.54. The van der Waals surface area contributed by atoms with E-state index >= 15 is 0 Å². The molecule has 2 rings (SSSR count). The molecule has 76 valence electrons. The van der Waals surface area contributed by atoms with Crippen molar-refractivity contribution in [1.82, 2.24) is 0 Å². The fourth-order valence-electron chi connectivity index (χ4n) is 1.43. The quantitative estimate of drug-likeness (QED) is 0.723. The van der Waals surface area contributed by atoms with E-state index in [9.17, 15) is 10.2 Å². The number of aromatic hydroxyl groups is 2. The van der Waals surface area contributed by atoms with Crippen LogP contribution < -0.4 is 0 Å². The van der Waals surface area contributed by atoms with Crippen molar-refractivity contribution in [3.8, 4) is 22.6 Å². The second-order valence-electron chi connectivity index (χ2n) is 3.16. The van der Waals surface area contributed by atoms with Crippen molar-refractivity contribution in [2.45, 2.75) is 0 Å². The highest BCUT2D eigenvalue weighted by Gasteiger charge is 2.12. The van der Waals surface area contributed by atoms with E-state index in [4.69, 9.17) is 11.6 Å². The predicted molar refractivity (Wildman–Crippen MR) is 60.2 cm³/mol. The van der Waals surface area contributed by atoms with Gasteiger partial charge in [-0.1, -0.05) is 41.9 Å². The molecule has 0 radical (unpaired) electrons. The number of hydrogen-bond acceptors (Lipinski definition) is 2. The summed E-state index contributed by atoms with van der Waals surface area (Å²) in [5.41, 5.74) is 1.23. The van der Waals surface area contributed by atoms with Crippen LogP contribution in [0.2, 0.25) is 5.02 Å². The minimum atomic E-state index is -0.0340. The third kappa shape index (κ3) is 1.76. The number of hydrogen-bond donors (Lipinski definition) is 2. The van der Waals surface area contributed by atoms with E-state index in [2.05, 4.69) is 0 Å². The smallest absolute Gasteiger partial charge is 0.135 e. The molecule has 2 nitrogen and oxygen atoms in total. The van der Waals surface area contributed by atoms with E-state index in [1.807, 2.05) is 30.3 Å². The highest BCUT2D eigenvalue weighted by molar-refractivity contribution is 6.35. The first-order chi connectivity index (χ1) is 7.20. The van der Waals surface area contributed by atoms with Crippen molar-refractivity contribution < 1.29 is 10.2 Å². The van der Waals surface area contributed by atoms with Crippen LogP contribution >= 0.6 is 11.6 Å². The fourth-order valence-corrected chi connectivity index (χ4v) is 1.70. The topological polar surface area (TPSA) is 40.5 Å². The lowest BCUT2D eigenvalue weighted by atomic mass is 10.0. The van der Waals surface area contributed by atoms with Crippen molar-refractivity contribution in [1.29, 1.82) is 0 Å². The van der Waals surface area contributed by atoms with Crippen LogP contribution in [0, 0.1) is 0 Å². The first kappa shape index (κ1) is 9.87. The van der Waals surface area contributed by atoms with Gasteiger partial charge in [-0.15, -0.1) is 0 Å². The number of phenols is 2. The van der Waals surface area contributed by atoms with E-state index in [0.717, 1.165) is 5.56 Å². The molecule has 15 heavy (non-hydrogen) atoms. The van der Waals surface area contributed by atoms with Gasteiger partial charge in [0.05, 0.1) is 5.02 Å². The molecule has 0 saturated heterocycles. The van der Waals surface area contributed by atoms with Crippen molar-refractivity contribution in [3.63, 3.8) is 0 Å². The molecule has 3 heteroatoms. The van der Waals surface area contributed by atoms with Crippen molar-refractivity contribution in [2.24, 2.45) is 0 Å². The second-order valence-corrected chi connectivity index (χ2v) is 3.54. The maximum absolute atomic E-state index is 9.67. The van der Waals surface area contributed by atoms with Gasteiger partial charge >= 0.3 is 0 Å². The molecule has 2 aromatic rings. The van der Waals surface area contributed by atoms with Crippen molar-refractivity contribution in [2.75, 3.05) is 0 Å². The number of rotatable bonds is 1. The largest absolute Gasteiger partial charge is 0.507 e. The third-order valence-electron chi connectivity index (χ3n) is 2.16. The Morgan fingerprint density at radius 3 is 2.07 bits per heavy atom. The molecule has 2 N–H and O–H groups in total. The Morgan fingerprint density at radius 2 is 1.40 bits per heavy atom. The maximum Gasteiger partial charge on any atom is 0.135 e. The van der Waals surface area contributed by atoms with Crippen LogP contribution in [-0.2, 0) is 0 Å². The Hall–Kier alpha value is -1.67. The molecule has 0 aliphatic carbocycles. The number of benzene rings is 2. The average molecular weight is 221 g/mol. The van der Waals surface area contributed by atoms with Gasteiger partial charge in [0.1, 0.15) is 11.5 Å². The summed E-state index contributed by atoms with van der Waals surface area (Å²) in [6, 6.07) is 12.0. The van der Waals surface area contributed by atoms with E-state index in [1.54, 1.807) is 0 Å². The molecule has 0 saturated carbocycles. The summed E-state index contributed by atoms with van der Waals surface area (Å²) in [4.78, 5) is 0. The Bertz CT molecular complexity index is 480. The van der Waals surface area contributed by atoms with Crippen LogP contribution in [0.5, 0.6) is 11.5 Å². The maximum atomic E-state index is 9.67. The van der Waals surface area contributed by atoms with Crippen LogP contribution in [-0.4, -0.2) is 10.2 Å². The van der Waals surface area contributed by atoms with E-state index in [-0.39, 0.29) is 16.5 Å². The van der Waals surface area contributed by atoms with Gasteiger partial charge in [0.25, 0.3) is 0 Å². The second kappa shape index (κ2) is 3.83. The Labute approximate surface area is 92.4 Å². The SMILES string of the molecule is Oc1ccc(O)c(-c2ccccc2)c1Cl. The summed E-state index contributed by atoms with van der Waals surface area (Å²) in [6.45, 7) is 0. The summed E-state index contributed by atoms with van der Waals surface area (Å²) in [5, 5.41) is 19.3. The van der Waals surface area contributed by atoms with Gasteiger partial charge < -0.3 is 10.2 Å². The molecular weight excluding hydrogens is 212 g/mol. The zero-order chi connectivity index (χ0) is 10.8. The molecule has 0 unspecified atom stereocenters. The number of halogens is 1. The molecule has 0 aliphatic heterocycles. The lowest BCUT2D eigenvalue weighted by molar-refractivity contribution is 0.462. The molecule has 2 aromatic carbocycles. The van der Waals surface area contributed by atoms with Crippen LogP contribution in [0.4, 0.5) is 0 Å². The van der Waals surface area contributed by atoms with Crippen molar-refractivity contribution in [3.05, 3.63) is 47.5 Å². The fraction of sp³-hybridized carbons (Fsp3) is 0.